The van der Waals surface area contributed by atoms with Crippen molar-refractivity contribution < 1.29 is 33.5 Å². The zero-order chi connectivity index (χ0) is 35.5. The first-order chi connectivity index (χ1) is 24.8. The first-order valence-corrected chi connectivity index (χ1v) is 17.5. The second-order valence-electron chi connectivity index (χ2n) is 12.8. The van der Waals surface area contributed by atoms with Crippen molar-refractivity contribution in [2.75, 3.05) is 38.8 Å². The van der Waals surface area contributed by atoms with Gasteiger partial charge in [-0.2, -0.15) is 5.10 Å². The van der Waals surface area contributed by atoms with Gasteiger partial charge in [0.25, 0.3) is 0 Å². The maximum atomic E-state index is 13.9. The summed E-state index contributed by atoms with van der Waals surface area (Å²) >= 11 is 13.0. The highest BCUT2D eigenvalue weighted by Gasteiger charge is 2.38. The number of carbonyl (C=O) groups is 2. The molecule has 13 heteroatoms. The summed E-state index contributed by atoms with van der Waals surface area (Å²) in [7, 11) is 3.09. The number of nitrogens with zero attached hydrogens (tertiary/aromatic N) is 3. The molecule has 2 aromatic heterocycles. The summed E-state index contributed by atoms with van der Waals surface area (Å²) in [5.74, 6) is 0.847. The van der Waals surface area contributed by atoms with Crippen LogP contribution in [0.5, 0.6) is 11.5 Å². The van der Waals surface area contributed by atoms with E-state index in [9.17, 15) is 9.59 Å². The average Bonchev–Trinajstić information content (AvgIpc) is 3.65. The number of hydrogen-bond donors (Lipinski definition) is 1. The Morgan fingerprint density at radius 2 is 1.75 bits per heavy atom. The Kier molecular flexibility index (Phi) is 10.3. The van der Waals surface area contributed by atoms with Gasteiger partial charge in [0, 0.05) is 23.9 Å². The van der Waals surface area contributed by atoms with Crippen molar-refractivity contribution in [3.8, 4) is 11.5 Å². The molecule has 1 amide bonds. The number of nitrogens with one attached hydrogen (secondary N) is 2. The molecule has 3 aliphatic heterocycles. The van der Waals surface area contributed by atoms with Gasteiger partial charge in [0.1, 0.15) is 22.3 Å². The van der Waals surface area contributed by atoms with Gasteiger partial charge < -0.3 is 18.9 Å². The minimum atomic E-state index is -0.763. The van der Waals surface area contributed by atoms with Gasteiger partial charge in [-0.15, -0.1) is 0 Å². The predicted molar refractivity (Wildman–Crippen MR) is 193 cm³/mol. The van der Waals surface area contributed by atoms with Crippen LogP contribution in [0.1, 0.15) is 46.0 Å². The van der Waals surface area contributed by atoms with E-state index in [0.717, 1.165) is 48.9 Å². The van der Waals surface area contributed by atoms with Crippen molar-refractivity contribution in [1.29, 1.82) is 0 Å². The molecule has 3 aromatic carbocycles. The van der Waals surface area contributed by atoms with Crippen LogP contribution >= 0.6 is 23.2 Å². The van der Waals surface area contributed by atoms with Crippen LogP contribution in [0.2, 0.25) is 10.0 Å². The molecule has 0 saturated carbocycles. The molecule has 51 heavy (non-hydrogen) atoms. The van der Waals surface area contributed by atoms with Gasteiger partial charge in [-0.05, 0) is 73.3 Å². The third kappa shape index (κ3) is 7.46. The van der Waals surface area contributed by atoms with Crippen molar-refractivity contribution in [2.24, 2.45) is 5.92 Å². The number of aromatic amines is 2. The van der Waals surface area contributed by atoms with Crippen molar-refractivity contribution in [3.05, 3.63) is 112 Å². The highest BCUT2D eigenvalue weighted by atomic mass is 35.5. The molecule has 0 aliphatic carbocycles. The van der Waals surface area contributed by atoms with E-state index in [1.54, 1.807) is 62.0 Å². The molecule has 264 valence electrons. The number of pyridine rings is 1. The summed E-state index contributed by atoms with van der Waals surface area (Å²) in [5, 5.41) is 8.93. The number of esters is 1. The van der Waals surface area contributed by atoms with Crippen LogP contribution < -0.4 is 19.4 Å². The number of para-hydroxylation sites is 1. The molecule has 2 bridgehead atoms. The van der Waals surface area contributed by atoms with Crippen molar-refractivity contribution >= 4 is 51.9 Å². The molecule has 0 spiro atoms. The number of piperidine rings is 3. The number of benzene rings is 3. The first-order valence-electron chi connectivity index (χ1n) is 16.8. The molecule has 3 saturated heterocycles. The second-order valence-corrected chi connectivity index (χ2v) is 13.6. The van der Waals surface area contributed by atoms with Gasteiger partial charge >= 0.3 is 12.1 Å². The number of hydrogen-bond acceptors (Lipinski definition) is 8. The maximum Gasteiger partial charge on any atom is 0.414 e. The number of carbonyl (C=O) groups excluding carboxylic acids is 2. The van der Waals surface area contributed by atoms with E-state index in [1.807, 2.05) is 36.4 Å². The lowest BCUT2D eigenvalue weighted by molar-refractivity contribution is -0.377. The van der Waals surface area contributed by atoms with Gasteiger partial charge in [-0.1, -0.05) is 53.5 Å². The van der Waals surface area contributed by atoms with Gasteiger partial charge in [-0.25, -0.2) is 14.6 Å². The number of H-pyrrole nitrogens is 2. The number of methoxy groups -OCH3 is 2. The fraction of sp³-hybridized carbons (Fsp3) is 0.316. The van der Waals surface area contributed by atoms with E-state index in [0.29, 0.717) is 49.8 Å². The Bertz CT molecular complexity index is 2010. The Labute approximate surface area is 305 Å². The molecule has 3 fully saturated rings. The minimum Gasteiger partial charge on any atom is -0.493 e. The number of aromatic nitrogens is 3. The van der Waals surface area contributed by atoms with E-state index < -0.39 is 18.2 Å². The standard InChI is InChI=1S/C38H37Cl2N5O6/c1-48-32-11-10-26(16-34(32)49-2)33(17-28-29(39)19-41-20-30(28)40)50-37(46)25-8-6-23(7-9-25)21-45(31-5-3-4-27-18-42-43-36(27)31)38(47)51-35-22-44-14-12-24(35)13-15-44/h3-11,16,18-20,24,33,35H,12-15,17,21-22H2,1-2H3,(H,42,43)/p+1/t33-,35-/m0/s1. The Hall–Kier alpha value is -4.84. The zero-order valence-corrected chi connectivity index (χ0v) is 29.7. The summed E-state index contributed by atoms with van der Waals surface area (Å²) in [6.07, 6.45) is 5.90. The zero-order valence-electron chi connectivity index (χ0n) is 28.2. The van der Waals surface area contributed by atoms with Crippen LogP contribution in [-0.2, 0) is 22.4 Å². The topological polar surface area (TPSA) is 120 Å². The molecule has 0 unspecified atom stereocenters. The molecular formula is C38H38Cl2N5O6+. The Morgan fingerprint density at radius 1 is 1.00 bits per heavy atom. The van der Waals surface area contributed by atoms with Crippen molar-refractivity contribution in [3.63, 3.8) is 0 Å². The number of fused-ring (bicyclic) bond motifs is 4. The summed E-state index contributed by atoms with van der Waals surface area (Å²) < 4.78 is 23.2. The lowest BCUT2D eigenvalue weighted by atomic mass is 9.86. The molecule has 11 nitrogen and oxygen atoms in total. The van der Waals surface area contributed by atoms with Crippen molar-refractivity contribution in [2.45, 2.75) is 38.0 Å². The van der Waals surface area contributed by atoms with E-state index in [2.05, 4.69) is 20.1 Å². The van der Waals surface area contributed by atoms with E-state index >= 15 is 0 Å². The molecule has 0 radical (unpaired) electrons. The van der Waals surface area contributed by atoms with E-state index in [-0.39, 0.29) is 19.1 Å². The van der Waals surface area contributed by atoms with Crippen LogP contribution in [0.25, 0.3) is 10.9 Å². The average molecular weight is 732 g/mol. The summed E-state index contributed by atoms with van der Waals surface area (Å²) in [4.78, 5) is 34.5. The van der Waals surface area contributed by atoms with Crippen LogP contribution in [-0.4, -0.2) is 67.1 Å². The third-order valence-electron chi connectivity index (χ3n) is 9.76. The SMILES string of the molecule is COc1ccc([C@H](Cc2c(Cl)c[nH+]cc2Cl)OC(=O)c2ccc(CN(C(=O)O[C@H]3CN4CCC3CC4)c3cccc4cn[nH]c34)cc2)cc1OC. The molecule has 2 N–H and O–H groups in total. The number of rotatable bonds is 11. The van der Waals surface area contributed by atoms with Gasteiger partial charge in [-0.3, -0.25) is 14.9 Å². The second kappa shape index (κ2) is 15.2. The third-order valence-corrected chi connectivity index (χ3v) is 10.4. The smallest absolute Gasteiger partial charge is 0.414 e. The maximum absolute atomic E-state index is 13.9. The predicted octanol–water partition coefficient (Wildman–Crippen LogP) is 7.08. The fourth-order valence-electron chi connectivity index (χ4n) is 6.93. The van der Waals surface area contributed by atoms with Crippen LogP contribution in [0.4, 0.5) is 10.5 Å². The minimum absolute atomic E-state index is 0.155. The van der Waals surface area contributed by atoms with Crippen LogP contribution in [0, 0.1) is 5.92 Å². The first kappa shape index (κ1) is 34.6. The van der Waals surface area contributed by atoms with Gasteiger partial charge in [0.15, 0.2) is 23.9 Å². The van der Waals surface area contributed by atoms with E-state index in [4.69, 9.17) is 42.1 Å². The van der Waals surface area contributed by atoms with E-state index in [1.165, 1.54) is 0 Å². The van der Waals surface area contributed by atoms with Crippen molar-refractivity contribution in [1.82, 2.24) is 15.1 Å². The van der Waals surface area contributed by atoms with Gasteiger partial charge in [0.05, 0.1) is 43.7 Å². The molecular weight excluding hydrogens is 693 g/mol. The van der Waals surface area contributed by atoms with Crippen LogP contribution in [0.15, 0.2) is 79.3 Å². The number of halogens is 2. The molecule has 3 aliphatic rings. The summed E-state index contributed by atoms with van der Waals surface area (Å²) in [6, 6.07) is 18.0. The molecule has 2 atom stereocenters. The number of ether oxygens (including phenoxy) is 4. The molecule has 5 aromatic rings. The van der Waals surface area contributed by atoms with Crippen LogP contribution in [0.3, 0.4) is 0 Å². The lowest BCUT2D eigenvalue weighted by Crippen LogP contribution is -2.53. The Morgan fingerprint density at radius 3 is 2.43 bits per heavy atom. The highest BCUT2D eigenvalue weighted by Crippen LogP contribution is 2.36. The fourth-order valence-corrected chi connectivity index (χ4v) is 7.46. The number of anilines is 1. The highest BCUT2D eigenvalue weighted by molar-refractivity contribution is 6.35. The Balaban J connectivity index is 1.12. The number of amides is 1. The molecule has 8 rings (SSSR count). The monoisotopic (exact) mass is 730 g/mol. The normalized spacial score (nSPS) is 18.6. The lowest BCUT2D eigenvalue weighted by Gasteiger charge is -2.44. The van der Waals surface area contributed by atoms with Gasteiger partial charge in [0.2, 0.25) is 0 Å². The summed E-state index contributed by atoms with van der Waals surface area (Å²) in [6.45, 7) is 3.06. The summed E-state index contributed by atoms with van der Waals surface area (Å²) in [5.41, 5.74) is 3.82. The largest absolute Gasteiger partial charge is 0.493 e. The molecule has 5 heterocycles. The quantitative estimate of drug-likeness (QED) is 0.143.